The van der Waals surface area contributed by atoms with E-state index in [1.54, 1.807) is 109 Å². The minimum atomic E-state index is -1.17. The molecule has 0 aromatic heterocycles. The number of rotatable bonds is 3. The molecule has 0 heterocycles. The van der Waals surface area contributed by atoms with E-state index in [-0.39, 0.29) is 34.3 Å². The van der Waals surface area contributed by atoms with Crippen LogP contribution in [0.3, 0.4) is 0 Å². The third-order valence-electron chi connectivity index (χ3n) is 9.44. The van der Waals surface area contributed by atoms with Crippen molar-refractivity contribution in [3.63, 3.8) is 0 Å². The van der Waals surface area contributed by atoms with Crippen LogP contribution in [0.15, 0.2) is 181 Å². The summed E-state index contributed by atoms with van der Waals surface area (Å²) >= 11 is 0. The van der Waals surface area contributed by atoms with E-state index in [0.717, 1.165) is 11.6 Å². The largest absolute Gasteiger partial charge is 0.504 e. The second-order valence-corrected chi connectivity index (χ2v) is 13.1. The van der Waals surface area contributed by atoms with Crippen molar-refractivity contribution in [1.29, 1.82) is 0 Å². The summed E-state index contributed by atoms with van der Waals surface area (Å²) in [6, 6.07) is 33.0. The van der Waals surface area contributed by atoms with Gasteiger partial charge < -0.3 is 15.3 Å². The number of carbonyl (C=O) groups is 4. The summed E-state index contributed by atoms with van der Waals surface area (Å²) in [7, 11) is 0. The highest BCUT2D eigenvalue weighted by Gasteiger charge is 2.36. The topological polar surface area (TPSA) is 214 Å². The Bertz CT molecular complexity index is 2970. The lowest BCUT2D eigenvalue weighted by molar-refractivity contribution is -0.128. The Balaban J connectivity index is 0.000000133. The molecule has 3 aliphatic rings. The van der Waals surface area contributed by atoms with Gasteiger partial charge in [-0.05, 0) is 22.8 Å². The van der Waals surface area contributed by atoms with Crippen molar-refractivity contribution in [3.8, 4) is 33.8 Å². The zero-order valence-corrected chi connectivity index (χ0v) is 30.6. The van der Waals surface area contributed by atoms with Crippen LogP contribution in [0.5, 0.6) is 11.5 Å². The number of aromatic hydroxyl groups is 2. The number of benzene rings is 4. The average molecular weight is 787 g/mol. The second kappa shape index (κ2) is 17.3. The fraction of sp³-hybridized carbons (Fsp3) is 0.0426. The molecule has 290 valence electrons. The minimum absolute atomic E-state index is 0.0867. The molecule has 0 amide bonds. The molecule has 2 atom stereocenters. The molecule has 59 heavy (non-hydrogen) atoms. The number of fused-ring (bicyclic) bond motifs is 2. The summed E-state index contributed by atoms with van der Waals surface area (Å²) in [5.74, 6) is -3.28. The van der Waals surface area contributed by atoms with Gasteiger partial charge >= 0.3 is 0 Å². The average Bonchev–Trinajstić information content (AvgIpc) is 3.47. The molecular weight excluding hydrogens is 757 g/mol. The quantitative estimate of drug-likeness (QED) is 0.207. The van der Waals surface area contributed by atoms with Gasteiger partial charge in [-0.2, -0.15) is 0 Å². The molecule has 2 unspecified atom stereocenters. The second-order valence-electron chi connectivity index (χ2n) is 13.1. The normalized spacial score (nSPS) is 16.2. The van der Waals surface area contributed by atoms with Crippen LogP contribution in [-0.4, -0.2) is 38.5 Å². The smallest absolute Gasteiger partial charge is 0.277 e. The number of aliphatic hydroxyl groups is 1. The van der Waals surface area contributed by atoms with E-state index in [0.29, 0.717) is 27.8 Å². The summed E-state index contributed by atoms with van der Waals surface area (Å²) in [6.07, 6.45) is 9.22. The zero-order chi connectivity index (χ0) is 42.4. The maximum atomic E-state index is 12.3. The van der Waals surface area contributed by atoms with E-state index in [1.807, 2.05) is 30.3 Å². The summed E-state index contributed by atoms with van der Waals surface area (Å²) in [5, 5.41) is 27.6. The van der Waals surface area contributed by atoms with Gasteiger partial charge in [0.25, 0.3) is 16.3 Å². The first kappa shape index (κ1) is 40.4. The van der Waals surface area contributed by atoms with E-state index in [1.165, 1.54) is 6.08 Å². The van der Waals surface area contributed by atoms with Crippen LogP contribution in [0.2, 0.25) is 0 Å². The van der Waals surface area contributed by atoms with Gasteiger partial charge in [0.05, 0.1) is 23.0 Å². The molecule has 6 aromatic carbocycles. The molecule has 0 bridgehead atoms. The van der Waals surface area contributed by atoms with E-state index in [9.17, 15) is 48.3 Å². The number of ketones is 4. The van der Waals surface area contributed by atoms with Gasteiger partial charge in [0.1, 0.15) is 0 Å². The SMILES string of the molecule is O=C1C=C(O)C(=O)C2C=CC=CC12.O=C1C=C(c2ccccc2)C(=O)c2ccccc21.O=c1c(O)c(-c2ccccc2)c(=O)c1=O.O=c1c(O)c(-c2ccccc2)c1=O. The lowest BCUT2D eigenvalue weighted by atomic mass is 9.78. The van der Waals surface area contributed by atoms with Gasteiger partial charge in [-0.15, -0.1) is 0 Å². The standard InChI is InChI=1S/C16H10O2.C11H6O4.C10H8O3.C10H6O3/c17-15-10-14(11-6-2-1-3-7-11)16(18)13-9-5-4-8-12(13)15;12-8-7(6-4-2-1-3-5-6)9(13)11(15)10(8)14;11-8-5-9(12)10(13)7-4-2-1-3-6(7)8;11-8-7(9(12)10(8)13)6-4-2-1-3-5-6/h1-10H;1-5,12H;1-7,12H;1-5,11H. The van der Waals surface area contributed by atoms with Crippen molar-refractivity contribution in [2.75, 3.05) is 0 Å². The molecular formula is C47H30O12. The molecule has 12 heteroatoms. The van der Waals surface area contributed by atoms with Gasteiger partial charge in [0, 0.05) is 22.8 Å². The number of hydrogen-bond acceptors (Lipinski definition) is 12. The highest BCUT2D eigenvalue weighted by Crippen LogP contribution is 2.29. The van der Waals surface area contributed by atoms with Gasteiger partial charge in [0.15, 0.2) is 34.6 Å². The summed E-state index contributed by atoms with van der Waals surface area (Å²) in [5.41, 5.74) is -1.52. The number of Topliss-reactive ketones (excluding diaryl/α,β-unsaturated/α-hetero) is 2. The Morgan fingerprint density at radius 1 is 0.407 bits per heavy atom. The Morgan fingerprint density at radius 3 is 1.32 bits per heavy atom. The molecule has 0 spiro atoms. The molecule has 6 aromatic rings. The van der Waals surface area contributed by atoms with Crippen molar-refractivity contribution < 1.29 is 34.5 Å². The third kappa shape index (κ3) is 8.18. The van der Waals surface area contributed by atoms with Crippen molar-refractivity contribution in [2.24, 2.45) is 11.8 Å². The first-order chi connectivity index (χ1) is 28.3. The highest BCUT2D eigenvalue weighted by atomic mass is 16.3. The number of carbonyl (C=O) groups excluding carboxylic acids is 4. The van der Waals surface area contributed by atoms with Crippen LogP contribution >= 0.6 is 0 Å². The first-order valence-electron chi connectivity index (χ1n) is 17.8. The van der Waals surface area contributed by atoms with Gasteiger partial charge in [-0.1, -0.05) is 140 Å². The molecule has 3 aliphatic carbocycles. The number of aliphatic hydroxyl groups excluding tert-OH is 1. The Kier molecular flexibility index (Phi) is 11.8. The summed E-state index contributed by atoms with van der Waals surface area (Å²) < 4.78 is 0. The van der Waals surface area contributed by atoms with Gasteiger partial charge in [-0.25, -0.2) is 0 Å². The molecule has 9 rings (SSSR count). The lowest BCUT2D eigenvalue weighted by Crippen LogP contribution is -2.33. The van der Waals surface area contributed by atoms with E-state index in [4.69, 9.17) is 10.2 Å². The molecule has 12 nitrogen and oxygen atoms in total. The summed E-state index contributed by atoms with van der Waals surface area (Å²) in [6.45, 7) is 0. The van der Waals surface area contributed by atoms with Gasteiger partial charge in [-0.3, -0.25) is 43.2 Å². The highest BCUT2D eigenvalue weighted by molar-refractivity contribution is 6.38. The molecule has 0 aliphatic heterocycles. The zero-order valence-electron chi connectivity index (χ0n) is 30.6. The van der Waals surface area contributed by atoms with Gasteiger partial charge in [0.2, 0.25) is 16.6 Å². The minimum Gasteiger partial charge on any atom is -0.504 e. The van der Waals surface area contributed by atoms with Crippen molar-refractivity contribution in [2.45, 2.75) is 0 Å². The fourth-order valence-electron chi connectivity index (χ4n) is 6.42. The first-order valence-corrected chi connectivity index (χ1v) is 17.8. The van der Waals surface area contributed by atoms with Crippen LogP contribution in [-0.2, 0) is 9.59 Å². The van der Waals surface area contributed by atoms with E-state index in [2.05, 4.69) is 0 Å². The monoisotopic (exact) mass is 786 g/mol. The van der Waals surface area contributed by atoms with E-state index < -0.39 is 56.2 Å². The maximum Gasteiger partial charge on any atom is 0.277 e. The molecule has 0 fully saturated rings. The molecule has 0 radical (unpaired) electrons. The van der Waals surface area contributed by atoms with Crippen LogP contribution in [0.4, 0.5) is 0 Å². The van der Waals surface area contributed by atoms with Crippen molar-refractivity contribution >= 4 is 28.7 Å². The van der Waals surface area contributed by atoms with E-state index >= 15 is 0 Å². The predicted molar refractivity (Wildman–Crippen MR) is 219 cm³/mol. The third-order valence-corrected chi connectivity index (χ3v) is 9.44. The molecule has 0 saturated carbocycles. The van der Waals surface area contributed by atoms with Crippen molar-refractivity contribution in [1.82, 2.24) is 0 Å². The molecule has 3 N–H and O–H groups in total. The maximum absolute atomic E-state index is 12.3. The fourth-order valence-corrected chi connectivity index (χ4v) is 6.42. The van der Waals surface area contributed by atoms with Crippen LogP contribution in [0, 0.1) is 11.8 Å². The van der Waals surface area contributed by atoms with Crippen molar-refractivity contribution in [3.05, 3.63) is 225 Å². The Morgan fingerprint density at radius 2 is 0.831 bits per heavy atom. The molecule has 0 saturated heterocycles. The van der Waals surface area contributed by atoms with Crippen LogP contribution in [0.25, 0.3) is 27.8 Å². The predicted octanol–water partition coefficient (Wildman–Crippen LogP) is 4.76. The Labute approximate surface area is 333 Å². The van der Waals surface area contributed by atoms with Crippen LogP contribution < -0.4 is 27.1 Å². The summed E-state index contributed by atoms with van der Waals surface area (Å²) in [4.78, 5) is 102. The Hall–Kier alpha value is -8.25. The number of allylic oxidation sites excluding steroid dienone is 8. The van der Waals surface area contributed by atoms with Crippen LogP contribution in [0.1, 0.15) is 26.3 Å². The lowest BCUT2D eigenvalue weighted by Gasteiger charge is -2.23. The number of hydrogen-bond donors (Lipinski definition) is 3.